The number of fused-ring (bicyclic) bond motifs is 1. The number of β-amino-alcohol motifs (C(OH)–C–C–N with tert-alkyl or cyclic N) is 1. The minimum atomic E-state index is -0.453. The molecule has 1 aromatic heterocycles. The average molecular weight is 266 g/mol. The number of hydrogen-bond donors (Lipinski definition) is 2. The van der Waals surface area contributed by atoms with Gasteiger partial charge in [0.05, 0.1) is 17.0 Å². The molecule has 0 unspecified atom stereocenters. The normalized spacial score (nSPS) is 26.3. The molecule has 5 heteroatoms. The monoisotopic (exact) mass is 266 g/mol. The molecule has 4 nitrogen and oxygen atoms in total. The summed E-state index contributed by atoms with van der Waals surface area (Å²) in [5, 5.41) is 12.9. The Morgan fingerprint density at radius 3 is 3.00 bits per heavy atom. The van der Waals surface area contributed by atoms with Crippen LogP contribution in [0.5, 0.6) is 0 Å². The molecule has 0 aromatic carbocycles. The summed E-state index contributed by atoms with van der Waals surface area (Å²) in [5.74, 6) is 0.0437. The summed E-state index contributed by atoms with van der Waals surface area (Å²) in [6.07, 6.45) is 2.99. The Morgan fingerprint density at radius 2 is 2.33 bits per heavy atom. The average Bonchev–Trinajstić information content (AvgIpc) is 3.00. The number of carbonyl (C=O) groups excluding carboxylic acids is 1. The van der Waals surface area contributed by atoms with E-state index in [0.717, 1.165) is 17.7 Å². The largest absolute Gasteiger partial charge is 0.390 e. The maximum absolute atomic E-state index is 12.4. The van der Waals surface area contributed by atoms with Crippen LogP contribution in [0.4, 0.5) is 0 Å². The molecule has 2 aliphatic rings. The summed E-state index contributed by atoms with van der Waals surface area (Å²) >= 11 is 1.63. The number of aliphatic hydroxyl groups excluding tert-OH is 1. The van der Waals surface area contributed by atoms with Crippen LogP contribution in [0, 0.1) is 0 Å². The van der Waals surface area contributed by atoms with Crippen molar-refractivity contribution in [1.82, 2.24) is 10.2 Å². The minimum absolute atomic E-state index is 0.0437. The number of nitrogens with zero attached hydrogens (tertiary/aromatic N) is 1. The zero-order valence-electron chi connectivity index (χ0n) is 10.5. The maximum Gasteiger partial charge on any atom is 0.264 e. The van der Waals surface area contributed by atoms with Crippen LogP contribution in [0.1, 0.15) is 26.5 Å². The van der Waals surface area contributed by atoms with E-state index in [1.165, 1.54) is 16.9 Å². The first-order chi connectivity index (χ1) is 8.66. The Morgan fingerprint density at radius 1 is 1.50 bits per heavy atom. The molecule has 0 saturated carbocycles. The van der Waals surface area contributed by atoms with Gasteiger partial charge in [0, 0.05) is 25.0 Å². The number of amides is 1. The van der Waals surface area contributed by atoms with E-state index in [9.17, 15) is 9.90 Å². The number of rotatable bonds is 2. The van der Waals surface area contributed by atoms with Crippen molar-refractivity contribution in [3.8, 4) is 0 Å². The lowest BCUT2D eigenvalue weighted by molar-refractivity contribution is 0.0585. The Kier molecular flexibility index (Phi) is 3.13. The topological polar surface area (TPSA) is 52.6 Å². The molecule has 2 heterocycles. The van der Waals surface area contributed by atoms with Crippen LogP contribution in [-0.4, -0.2) is 48.2 Å². The van der Waals surface area contributed by atoms with Crippen LogP contribution in [0.3, 0.4) is 0 Å². The first kappa shape index (κ1) is 12.1. The van der Waals surface area contributed by atoms with Gasteiger partial charge in [-0.05, 0) is 30.9 Å². The summed E-state index contributed by atoms with van der Waals surface area (Å²) in [4.78, 5) is 16.3. The Labute approximate surface area is 111 Å². The van der Waals surface area contributed by atoms with Crippen LogP contribution in [0.25, 0.3) is 0 Å². The predicted molar refractivity (Wildman–Crippen MR) is 71.1 cm³/mol. The number of carbonyl (C=O) groups is 1. The predicted octanol–water partition coefficient (Wildman–Crippen LogP) is 0.642. The molecule has 1 saturated heterocycles. The van der Waals surface area contributed by atoms with Crippen molar-refractivity contribution in [2.75, 3.05) is 20.1 Å². The SMILES string of the molecule is CN(C(=O)c1cc2c(s1)CCC2)[C@H]1CNC[C@@H]1O. The van der Waals surface area contributed by atoms with Crippen molar-refractivity contribution < 1.29 is 9.90 Å². The fraction of sp³-hybridized carbons (Fsp3) is 0.615. The van der Waals surface area contributed by atoms with Gasteiger partial charge < -0.3 is 15.3 Å². The molecule has 1 aromatic rings. The molecule has 0 bridgehead atoms. The highest BCUT2D eigenvalue weighted by atomic mass is 32.1. The summed E-state index contributed by atoms with van der Waals surface area (Å²) in [6, 6.07) is 1.94. The standard InChI is InChI=1S/C13H18N2O2S/c1-15(9-6-14-7-10(9)16)13(17)12-5-8-3-2-4-11(8)18-12/h5,9-10,14,16H,2-4,6-7H2,1H3/t9-,10-/m0/s1. The van der Waals surface area contributed by atoms with E-state index in [2.05, 4.69) is 5.32 Å². The molecule has 3 rings (SSSR count). The molecule has 0 spiro atoms. The van der Waals surface area contributed by atoms with Gasteiger partial charge in [-0.25, -0.2) is 0 Å². The minimum Gasteiger partial charge on any atom is -0.390 e. The van der Waals surface area contributed by atoms with Crippen LogP contribution >= 0.6 is 11.3 Å². The van der Waals surface area contributed by atoms with Gasteiger partial charge in [-0.2, -0.15) is 0 Å². The van der Waals surface area contributed by atoms with Crippen molar-refractivity contribution in [3.63, 3.8) is 0 Å². The molecule has 18 heavy (non-hydrogen) atoms. The first-order valence-electron chi connectivity index (χ1n) is 6.44. The zero-order valence-corrected chi connectivity index (χ0v) is 11.3. The molecule has 1 amide bonds. The smallest absolute Gasteiger partial charge is 0.264 e. The van der Waals surface area contributed by atoms with Crippen LogP contribution < -0.4 is 5.32 Å². The third-order valence-corrected chi connectivity index (χ3v) is 5.15. The quantitative estimate of drug-likeness (QED) is 0.826. The first-order valence-corrected chi connectivity index (χ1v) is 7.26. The fourth-order valence-corrected chi connectivity index (χ4v) is 4.04. The van der Waals surface area contributed by atoms with Crippen LogP contribution in [0.2, 0.25) is 0 Å². The molecule has 1 fully saturated rings. The Hall–Kier alpha value is -0.910. The Balaban J connectivity index is 1.77. The second-order valence-electron chi connectivity index (χ2n) is 5.12. The van der Waals surface area contributed by atoms with Crippen LogP contribution in [-0.2, 0) is 12.8 Å². The summed E-state index contributed by atoms with van der Waals surface area (Å²) in [5.41, 5.74) is 1.35. The van der Waals surface area contributed by atoms with E-state index in [4.69, 9.17) is 0 Å². The highest BCUT2D eigenvalue weighted by molar-refractivity contribution is 7.14. The lowest BCUT2D eigenvalue weighted by Gasteiger charge is -2.25. The Bertz CT molecular complexity index is 450. The summed E-state index contributed by atoms with van der Waals surface area (Å²) < 4.78 is 0. The lowest BCUT2D eigenvalue weighted by atomic mass is 10.2. The van der Waals surface area contributed by atoms with Gasteiger partial charge in [0.1, 0.15) is 0 Å². The second-order valence-corrected chi connectivity index (χ2v) is 6.26. The van der Waals surface area contributed by atoms with E-state index in [-0.39, 0.29) is 11.9 Å². The van der Waals surface area contributed by atoms with Crippen molar-refractivity contribution >= 4 is 17.2 Å². The van der Waals surface area contributed by atoms with E-state index in [1.54, 1.807) is 23.3 Å². The van der Waals surface area contributed by atoms with Gasteiger partial charge in [-0.15, -0.1) is 11.3 Å². The molecule has 2 atom stereocenters. The van der Waals surface area contributed by atoms with Gasteiger partial charge in [-0.3, -0.25) is 4.79 Å². The van der Waals surface area contributed by atoms with Crippen LogP contribution in [0.15, 0.2) is 6.07 Å². The van der Waals surface area contributed by atoms with E-state index in [0.29, 0.717) is 13.1 Å². The molecule has 98 valence electrons. The zero-order chi connectivity index (χ0) is 12.7. The molecular weight excluding hydrogens is 248 g/mol. The highest BCUT2D eigenvalue weighted by Crippen LogP contribution is 2.31. The fourth-order valence-electron chi connectivity index (χ4n) is 2.81. The van der Waals surface area contributed by atoms with Crippen molar-refractivity contribution in [3.05, 3.63) is 21.4 Å². The number of thiophene rings is 1. The van der Waals surface area contributed by atoms with Crippen molar-refractivity contribution in [1.29, 1.82) is 0 Å². The van der Waals surface area contributed by atoms with Crippen molar-refractivity contribution in [2.24, 2.45) is 0 Å². The summed E-state index contributed by atoms with van der Waals surface area (Å²) in [7, 11) is 1.79. The lowest BCUT2D eigenvalue weighted by Crippen LogP contribution is -2.44. The summed E-state index contributed by atoms with van der Waals surface area (Å²) in [6.45, 7) is 1.25. The number of aliphatic hydroxyl groups is 1. The second kappa shape index (κ2) is 4.64. The third kappa shape index (κ3) is 1.96. The molecular formula is C13H18N2O2S. The third-order valence-electron chi connectivity index (χ3n) is 3.93. The number of likely N-dealkylation sites (N-methyl/N-ethyl adjacent to an activating group) is 1. The number of nitrogens with one attached hydrogen (secondary N) is 1. The number of aryl methyl sites for hydroxylation is 2. The van der Waals surface area contributed by atoms with E-state index >= 15 is 0 Å². The van der Waals surface area contributed by atoms with Gasteiger partial charge in [0.2, 0.25) is 0 Å². The number of hydrogen-bond acceptors (Lipinski definition) is 4. The maximum atomic E-state index is 12.4. The highest BCUT2D eigenvalue weighted by Gasteiger charge is 2.32. The molecule has 0 radical (unpaired) electrons. The van der Waals surface area contributed by atoms with Gasteiger partial charge >= 0.3 is 0 Å². The molecule has 1 aliphatic heterocycles. The van der Waals surface area contributed by atoms with E-state index in [1.807, 2.05) is 6.07 Å². The molecule has 2 N–H and O–H groups in total. The van der Waals surface area contributed by atoms with E-state index < -0.39 is 6.10 Å². The van der Waals surface area contributed by atoms with Gasteiger partial charge in [0.25, 0.3) is 5.91 Å². The van der Waals surface area contributed by atoms with Crippen molar-refractivity contribution in [2.45, 2.75) is 31.4 Å². The van der Waals surface area contributed by atoms with Gasteiger partial charge in [-0.1, -0.05) is 0 Å². The van der Waals surface area contributed by atoms with Gasteiger partial charge in [0.15, 0.2) is 0 Å². The molecule has 1 aliphatic carbocycles.